The van der Waals surface area contributed by atoms with Crippen molar-refractivity contribution >= 4 is 16.7 Å². The fourth-order valence-electron chi connectivity index (χ4n) is 1.56. The van der Waals surface area contributed by atoms with Crippen LogP contribution >= 0.6 is 0 Å². The number of rotatable bonds is 4. The standard InChI is InChI=1S/C14H15NO2S/c1-11-4-3-5-14(10-11)18(16)15-12-6-8-13(17-2)9-7-12/h3-10,15H,1-2H3/t18-/m0/s1. The SMILES string of the molecule is COc1ccc(N[S@@](=O)c2cccc(C)c2)cc1. The summed E-state index contributed by atoms with van der Waals surface area (Å²) < 4.78 is 20.1. The van der Waals surface area contributed by atoms with E-state index in [-0.39, 0.29) is 0 Å². The highest BCUT2D eigenvalue weighted by Crippen LogP contribution is 2.17. The molecule has 0 bridgehead atoms. The molecule has 0 radical (unpaired) electrons. The fourth-order valence-corrected chi connectivity index (χ4v) is 2.52. The zero-order valence-corrected chi connectivity index (χ0v) is 11.2. The van der Waals surface area contributed by atoms with Crippen LogP contribution in [0.25, 0.3) is 0 Å². The van der Waals surface area contributed by atoms with Crippen LogP contribution in [0.5, 0.6) is 5.75 Å². The number of hydrogen-bond donors (Lipinski definition) is 1. The van der Waals surface area contributed by atoms with Gasteiger partial charge in [0.2, 0.25) is 0 Å². The van der Waals surface area contributed by atoms with Gasteiger partial charge < -0.3 is 9.46 Å². The van der Waals surface area contributed by atoms with E-state index >= 15 is 0 Å². The lowest BCUT2D eigenvalue weighted by Gasteiger charge is -2.07. The summed E-state index contributed by atoms with van der Waals surface area (Å²) in [6.07, 6.45) is 0. The van der Waals surface area contributed by atoms with Crippen molar-refractivity contribution in [1.82, 2.24) is 0 Å². The van der Waals surface area contributed by atoms with E-state index in [1.54, 1.807) is 7.11 Å². The van der Waals surface area contributed by atoms with Crippen LogP contribution < -0.4 is 9.46 Å². The Hall–Kier alpha value is -1.81. The van der Waals surface area contributed by atoms with Gasteiger partial charge in [-0.2, -0.15) is 0 Å². The van der Waals surface area contributed by atoms with Crippen molar-refractivity contribution in [3.63, 3.8) is 0 Å². The highest BCUT2D eigenvalue weighted by atomic mass is 32.2. The number of ether oxygens (including phenoxy) is 1. The molecule has 0 spiro atoms. The van der Waals surface area contributed by atoms with Crippen LogP contribution in [0.2, 0.25) is 0 Å². The van der Waals surface area contributed by atoms with Gasteiger partial charge in [0.25, 0.3) is 0 Å². The van der Waals surface area contributed by atoms with Gasteiger partial charge in [-0.05, 0) is 48.9 Å². The summed E-state index contributed by atoms with van der Waals surface area (Å²) in [5, 5.41) is 0. The third-order valence-corrected chi connectivity index (χ3v) is 3.61. The first-order valence-corrected chi connectivity index (χ1v) is 6.73. The van der Waals surface area contributed by atoms with Gasteiger partial charge in [-0.3, -0.25) is 0 Å². The van der Waals surface area contributed by atoms with E-state index in [0.29, 0.717) is 0 Å². The Labute approximate surface area is 109 Å². The molecule has 3 nitrogen and oxygen atoms in total. The van der Waals surface area contributed by atoms with E-state index in [9.17, 15) is 4.21 Å². The Kier molecular flexibility index (Phi) is 3.99. The van der Waals surface area contributed by atoms with E-state index in [0.717, 1.165) is 21.9 Å². The van der Waals surface area contributed by atoms with Crippen LogP contribution in [-0.2, 0) is 11.0 Å². The molecule has 0 unspecified atom stereocenters. The third kappa shape index (κ3) is 3.11. The minimum absolute atomic E-state index is 0.769. The second-order valence-electron chi connectivity index (χ2n) is 3.92. The van der Waals surface area contributed by atoms with E-state index in [4.69, 9.17) is 4.74 Å². The lowest BCUT2D eigenvalue weighted by Crippen LogP contribution is -2.04. The quantitative estimate of drug-likeness (QED) is 0.918. The average molecular weight is 261 g/mol. The van der Waals surface area contributed by atoms with Gasteiger partial charge in [0.1, 0.15) is 16.7 Å². The smallest absolute Gasteiger partial charge is 0.150 e. The molecule has 2 aromatic carbocycles. The second-order valence-corrected chi connectivity index (χ2v) is 5.13. The van der Waals surface area contributed by atoms with Gasteiger partial charge in [-0.25, -0.2) is 4.21 Å². The summed E-state index contributed by atoms with van der Waals surface area (Å²) in [6.45, 7) is 1.98. The molecule has 0 aliphatic carbocycles. The fraction of sp³-hybridized carbons (Fsp3) is 0.143. The van der Waals surface area contributed by atoms with E-state index < -0.39 is 11.0 Å². The number of benzene rings is 2. The molecule has 2 rings (SSSR count). The summed E-state index contributed by atoms with van der Waals surface area (Å²) in [5.74, 6) is 0.780. The first kappa shape index (κ1) is 12.6. The van der Waals surface area contributed by atoms with Crippen LogP contribution in [0.4, 0.5) is 5.69 Å². The van der Waals surface area contributed by atoms with Gasteiger partial charge in [-0.15, -0.1) is 0 Å². The molecular weight excluding hydrogens is 246 g/mol. The molecule has 0 fully saturated rings. The summed E-state index contributed by atoms with van der Waals surface area (Å²) in [4.78, 5) is 0.769. The molecule has 1 N–H and O–H groups in total. The van der Waals surface area contributed by atoms with Gasteiger partial charge >= 0.3 is 0 Å². The molecule has 94 valence electrons. The Morgan fingerprint density at radius 1 is 1.11 bits per heavy atom. The molecule has 2 aromatic rings. The molecule has 0 aliphatic heterocycles. The highest BCUT2D eigenvalue weighted by molar-refractivity contribution is 7.86. The van der Waals surface area contributed by atoms with Crippen molar-refractivity contribution in [1.29, 1.82) is 0 Å². The molecule has 18 heavy (non-hydrogen) atoms. The lowest BCUT2D eigenvalue weighted by molar-refractivity contribution is 0.415. The average Bonchev–Trinajstić information content (AvgIpc) is 2.39. The number of hydrogen-bond acceptors (Lipinski definition) is 2. The first-order valence-electron chi connectivity index (χ1n) is 5.58. The first-order chi connectivity index (χ1) is 8.69. The van der Waals surface area contributed by atoms with Crippen LogP contribution in [-0.4, -0.2) is 11.3 Å². The van der Waals surface area contributed by atoms with Crippen molar-refractivity contribution in [3.05, 3.63) is 54.1 Å². The van der Waals surface area contributed by atoms with Crippen LogP contribution in [0.3, 0.4) is 0 Å². The maximum Gasteiger partial charge on any atom is 0.150 e. The number of anilines is 1. The Morgan fingerprint density at radius 3 is 2.44 bits per heavy atom. The largest absolute Gasteiger partial charge is 0.497 e. The predicted molar refractivity (Wildman–Crippen MR) is 74.2 cm³/mol. The molecule has 0 heterocycles. The zero-order chi connectivity index (χ0) is 13.0. The predicted octanol–water partition coefficient (Wildman–Crippen LogP) is 3.14. The van der Waals surface area contributed by atoms with Crippen molar-refractivity contribution in [2.45, 2.75) is 11.8 Å². The van der Waals surface area contributed by atoms with Crippen molar-refractivity contribution in [3.8, 4) is 5.75 Å². The molecule has 0 aliphatic rings. The Bertz CT molecular complexity index is 552. The second kappa shape index (κ2) is 5.69. The molecular formula is C14H15NO2S. The zero-order valence-electron chi connectivity index (χ0n) is 10.3. The van der Waals surface area contributed by atoms with Crippen molar-refractivity contribution in [2.75, 3.05) is 11.8 Å². The molecule has 0 saturated heterocycles. The Morgan fingerprint density at radius 2 is 1.83 bits per heavy atom. The van der Waals surface area contributed by atoms with E-state index in [1.165, 1.54) is 0 Å². The third-order valence-electron chi connectivity index (χ3n) is 2.50. The lowest BCUT2D eigenvalue weighted by atomic mass is 10.2. The summed E-state index contributed by atoms with van der Waals surface area (Å²) in [7, 11) is 0.374. The monoisotopic (exact) mass is 261 g/mol. The maximum atomic E-state index is 12.1. The van der Waals surface area contributed by atoms with Crippen molar-refractivity contribution in [2.24, 2.45) is 0 Å². The molecule has 4 heteroatoms. The maximum absolute atomic E-state index is 12.1. The minimum Gasteiger partial charge on any atom is -0.497 e. The molecule has 1 atom stereocenters. The van der Waals surface area contributed by atoms with Gasteiger partial charge in [0.05, 0.1) is 12.0 Å². The topological polar surface area (TPSA) is 38.3 Å². The number of methoxy groups -OCH3 is 1. The normalized spacial score (nSPS) is 11.9. The summed E-state index contributed by atoms with van der Waals surface area (Å²) in [5.41, 5.74) is 1.90. The van der Waals surface area contributed by atoms with Crippen LogP contribution in [0.15, 0.2) is 53.4 Å². The van der Waals surface area contributed by atoms with Crippen LogP contribution in [0.1, 0.15) is 5.56 Å². The van der Waals surface area contributed by atoms with Crippen molar-refractivity contribution < 1.29 is 8.95 Å². The molecule has 0 amide bonds. The minimum atomic E-state index is -1.24. The van der Waals surface area contributed by atoms with Gasteiger partial charge in [0, 0.05) is 5.69 Å². The number of aryl methyl sites for hydroxylation is 1. The van der Waals surface area contributed by atoms with Gasteiger partial charge in [-0.1, -0.05) is 12.1 Å². The Balaban J connectivity index is 2.11. The number of nitrogens with one attached hydrogen (secondary N) is 1. The van der Waals surface area contributed by atoms with E-state index in [2.05, 4.69) is 4.72 Å². The summed E-state index contributed by atoms with van der Waals surface area (Å²) >= 11 is 0. The highest BCUT2D eigenvalue weighted by Gasteiger charge is 2.04. The molecule has 0 saturated carbocycles. The van der Waals surface area contributed by atoms with Gasteiger partial charge in [0.15, 0.2) is 0 Å². The van der Waals surface area contributed by atoms with E-state index in [1.807, 2.05) is 55.5 Å². The molecule has 0 aromatic heterocycles. The van der Waals surface area contributed by atoms with Crippen LogP contribution in [0, 0.1) is 6.92 Å². The summed E-state index contributed by atoms with van der Waals surface area (Å²) in [6, 6.07) is 15.0.